The van der Waals surface area contributed by atoms with Crippen molar-refractivity contribution in [2.24, 2.45) is 0 Å². The number of hydrogen-bond acceptors (Lipinski definition) is 10. The number of ether oxygens (including phenoxy) is 5. The van der Waals surface area contributed by atoms with Gasteiger partial charge in [-0.15, -0.1) is 10.2 Å². The minimum atomic E-state index is -0.365. The first kappa shape index (κ1) is 26.0. The van der Waals surface area contributed by atoms with E-state index in [-0.39, 0.29) is 24.4 Å². The lowest BCUT2D eigenvalue weighted by Gasteiger charge is -2.17. The van der Waals surface area contributed by atoms with E-state index in [1.54, 1.807) is 7.11 Å². The number of nitrogens with zero attached hydrogens (tertiary/aromatic N) is 6. The molecule has 2 N–H and O–H groups in total. The standard InChI is InChI=1S/C24H35N7O5/c1-15-21-26-22(30(29-21)14-19-6-8-20(32-5)9-7-19)16(2)34-12-13-36-18(4)24-28-27-23(31(24)25)17(3)35-11-10-33-15/h6-9,15-18H,10-14,25H2,1-5H3/t15-,16-,17-,18-/m0/s1. The maximum atomic E-state index is 6.21. The molecule has 12 nitrogen and oxygen atoms in total. The smallest absolute Gasteiger partial charge is 0.180 e. The van der Waals surface area contributed by atoms with Crippen LogP contribution in [0.2, 0.25) is 0 Å². The quantitative estimate of drug-likeness (QED) is 0.534. The van der Waals surface area contributed by atoms with E-state index in [1.165, 1.54) is 4.68 Å². The largest absolute Gasteiger partial charge is 0.497 e. The van der Waals surface area contributed by atoms with E-state index < -0.39 is 0 Å². The Kier molecular flexibility index (Phi) is 8.52. The molecule has 0 fully saturated rings. The minimum Gasteiger partial charge on any atom is -0.497 e. The van der Waals surface area contributed by atoms with Gasteiger partial charge in [-0.3, -0.25) is 0 Å². The molecular formula is C24H35N7O5. The second kappa shape index (κ2) is 11.8. The summed E-state index contributed by atoms with van der Waals surface area (Å²) in [5.41, 5.74) is 1.07. The van der Waals surface area contributed by atoms with E-state index in [0.29, 0.717) is 56.3 Å². The molecule has 3 heterocycles. The molecule has 4 rings (SSSR count). The summed E-state index contributed by atoms with van der Waals surface area (Å²) < 4.78 is 32.4. The van der Waals surface area contributed by atoms with Crippen molar-refractivity contribution in [1.82, 2.24) is 29.6 Å². The number of methoxy groups -OCH3 is 1. The monoisotopic (exact) mass is 501 g/mol. The fourth-order valence-corrected chi connectivity index (χ4v) is 3.93. The van der Waals surface area contributed by atoms with Gasteiger partial charge in [0.2, 0.25) is 0 Å². The van der Waals surface area contributed by atoms with Crippen LogP contribution in [0.5, 0.6) is 5.75 Å². The highest BCUT2D eigenvalue weighted by Gasteiger charge is 2.23. The van der Waals surface area contributed by atoms with Gasteiger partial charge in [0.1, 0.15) is 30.2 Å². The second-order valence-electron chi connectivity index (χ2n) is 8.67. The van der Waals surface area contributed by atoms with Crippen molar-refractivity contribution in [2.45, 2.75) is 58.7 Å². The summed E-state index contributed by atoms with van der Waals surface area (Å²) >= 11 is 0. The average molecular weight is 502 g/mol. The Balaban J connectivity index is 1.53. The number of nitrogens with two attached hydrogens (primary N) is 1. The lowest BCUT2D eigenvalue weighted by atomic mass is 10.2. The first-order chi connectivity index (χ1) is 17.4. The SMILES string of the molecule is COc1ccc(Cn2nc3nc2[C@H](C)OCCO[C@@H](C)c2nnc(n2N)[C@H](C)OCCO[C@H]3C)cc1. The van der Waals surface area contributed by atoms with Crippen molar-refractivity contribution >= 4 is 0 Å². The second-order valence-corrected chi connectivity index (χ2v) is 8.67. The Bertz CT molecular complexity index is 1120. The number of aromatic nitrogens is 6. The van der Waals surface area contributed by atoms with Crippen LogP contribution in [0.4, 0.5) is 0 Å². The van der Waals surface area contributed by atoms with E-state index in [0.717, 1.165) is 11.3 Å². The van der Waals surface area contributed by atoms with Gasteiger partial charge >= 0.3 is 0 Å². The average Bonchev–Trinajstić information content (AvgIpc) is 3.47. The van der Waals surface area contributed by atoms with Crippen molar-refractivity contribution in [3.63, 3.8) is 0 Å². The summed E-state index contributed by atoms with van der Waals surface area (Å²) in [6.45, 7) is 9.54. The van der Waals surface area contributed by atoms with Gasteiger partial charge < -0.3 is 29.5 Å². The van der Waals surface area contributed by atoms with Crippen molar-refractivity contribution < 1.29 is 23.7 Å². The number of nitrogen functional groups attached to an aromatic ring is 1. The number of fused-ring (bicyclic) bond motifs is 4. The molecule has 3 aromatic rings. The molecule has 0 aliphatic carbocycles. The van der Waals surface area contributed by atoms with Crippen LogP contribution in [-0.2, 0) is 25.5 Å². The summed E-state index contributed by atoms with van der Waals surface area (Å²) in [6, 6.07) is 7.86. The molecule has 2 aromatic heterocycles. The van der Waals surface area contributed by atoms with Gasteiger partial charge in [-0.2, -0.15) is 5.10 Å². The Morgan fingerprint density at radius 3 is 1.83 bits per heavy atom. The lowest BCUT2D eigenvalue weighted by molar-refractivity contribution is -0.0229. The van der Waals surface area contributed by atoms with E-state index in [9.17, 15) is 0 Å². The zero-order valence-electron chi connectivity index (χ0n) is 21.5. The van der Waals surface area contributed by atoms with Crippen LogP contribution in [0.25, 0.3) is 0 Å². The minimum absolute atomic E-state index is 0.316. The molecule has 4 atom stereocenters. The van der Waals surface area contributed by atoms with Gasteiger partial charge in [0, 0.05) is 0 Å². The fourth-order valence-electron chi connectivity index (χ4n) is 3.93. The molecule has 1 aliphatic rings. The summed E-state index contributed by atoms with van der Waals surface area (Å²) in [7, 11) is 1.65. The highest BCUT2D eigenvalue weighted by molar-refractivity contribution is 5.27. The van der Waals surface area contributed by atoms with Gasteiger partial charge in [0.25, 0.3) is 0 Å². The zero-order valence-corrected chi connectivity index (χ0v) is 21.5. The number of hydrogen-bond donors (Lipinski definition) is 1. The maximum absolute atomic E-state index is 6.21. The molecule has 1 aromatic carbocycles. The molecule has 0 radical (unpaired) electrons. The van der Waals surface area contributed by atoms with Crippen LogP contribution in [0.15, 0.2) is 24.3 Å². The number of benzene rings is 1. The molecule has 4 bridgehead atoms. The highest BCUT2D eigenvalue weighted by Crippen LogP contribution is 2.23. The highest BCUT2D eigenvalue weighted by atomic mass is 16.5. The summed E-state index contributed by atoms with van der Waals surface area (Å²) in [5.74, 6) is 9.33. The molecule has 12 heteroatoms. The molecule has 36 heavy (non-hydrogen) atoms. The van der Waals surface area contributed by atoms with Crippen LogP contribution in [-0.4, -0.2) is 63.2 Å². The maximum Gasteiger partial charge on any atom is 0.180 e. The Labute approximate surface area is 210 Å². The van der Waals surface area contributed by atoms with Crippen LogP contribution in [0.1, 0.15) is 81.0 Å². The van der Waals surface area contributed by atoms with Gasteiger partial charge in [-0.25, -0.2) is 14.3 Å². The summed E-state index contributed by atoms with van der Waals surface area (Å²) in [6.07, 6.45) is -1.38. The van der Waals surface area contributed by atoms with E-state index in [2.05, 4.69) is 10.2 Å². The molecular weight excluding hydrogens is 466 g/mol. The van der Waals surface area contributed by atoms with Gasteiger partial charge in [0.15, 0.2) is 23.3 Å². The van der Waals surface area contributed by atoms with Crippen LogP contribution in [0, 0.1) is 0 Å². The van der Waals surface area contributed by atoms with Crippen LogP contribution < -0.4 is 10.6 Å². The number of rotatable bonds is 3. The third-order valence-corrected chi connectivity index (χ3v) is 6.05. The third-order valence-electron chi connectivity index (χ3n) is 6.05. The first-order valence-corrected chi connectivity index (χ1v) is 12.1. The van der Waals surface area contributed by atoms with Crippen molar-refractivity contribution in [3.05, 3.63) is 53.1 Å². The molecule has 0 unspecified atom stereocenters. The van der Waals surface area contributed by atoms with E-state index in [4.69, 9.17) is 39.6 Å². The summed E-state index contributed by atoms with van der Waals surface area (Å²) in [5, 5.41) is 13.1. The Morgan fingerprint density at radius 2 is 1.31 bits per heavy atom. The third kappa shape index (κ3) is 6.01. The topological polar surface area (TPSA) is 134 Å². The van der Waals surface area contributed by atoms with Crippen LogP contribution in [0.3, 0.4) is 0 Å². The molecule has 1 aliphatic heterocycles. The van der Waals surface area contributed by atoms with Crippen molar-refractivity contribution in [1.29, 1.82) is 0 Å². The molecule has 0 saturated heterocycles. The summed E-state index contributed by atoms with van der Waals surface area (Å²) in [4.78, 5) is 4.77. The van der Waals surface area contributed by atoms with Crippen molar-refractivity contribution in [3.8, 4) is 5.75 Å². The normalized spacial score (nSPS) is 24.1. The van der Waals surface area contributed by atoms with Gasteiger partial charge in [-0.1, -0.05) is 12.1 Å². The van der Waals surface area contributed by atoms with Crippen molar-refractivity contribution in [2.75, 3.05) is 39.4 Å². The van der Waals surface area contributed by atoms with E-state index in [1.807, 2.05) is 56.6 Å². The zero-order chi connectivity index (χ0) is 25.7. The predicted octanol–water partition coefficient (Wildman–Crippen LogP) is 2.66. The fraction of sp³-hybridized carbons (Fsp3) is 0.583. The molecule has 0 amide bonds. The molecule has 0 saturated carbocycles. The predicted molar refractivity (Wildman–Crippen MR) is 130 cm³/mol. The first-order valence-electron chi connectivity index (χ1n) is 12.1. The van der Waals surface area contributed by atoms with Gasteiger partial charge in [0.05, 0.1) is 40.1 Å². The Morgan fingerprint density at radius 1 is 0.806 bits per heavy atom. The molecule has 0 spiro atoms. The molecule has 196 valence electrons. The van der Waals surface area contributed by atoms with E-state index >= 15 is 0 Å². The Hall–Kier alpha value is -3.06. The van der Waals surface area contributed by atoms with Gasteiger partial charge in [-0.05, 0) is 45.4 Å². The van der Waals surface area contributed by atoms with Crippen LogP contribution >= 0.6 is 0 Å². The lowest BCUT2D eigenvalue weighted by Crippen LogP contribution is -2.22.